The molecule has 1 aromatic heterocycles. The first-order chi connectivity index (χ1) is 6.16. The molecule has 0 bridgehead atoms. The number of aromatic nitrogens is 2. The van der Waals surface area contributed by atoms with Crippen molar-refractivity contribution in [1.29, 1.82) is 0 Å². The van der Waals surface area contributed by atoms with E-state index in [-0.39, 0.29) is 6.61 Å². The van der Waals surface area contributed by atoms with E-state index in [2.05, 4.69) is 25.9 Å². The van der Waals surface area contributed by atoms with E-state index in [0.29, 0.717) is 22.0 Å². The molecule has 0 aliphatic rings. The zero-order valence-electron chi connectivity index (χ0n) is 7.04. The van der Waals surface area contributed by atoms with Gasteiger partial charge in [0.05, 0.1) is 11.1 Å². The Morgan fingerprint density at radius 3 is 2.92 bits per heavy atom. The number of aliphatic hydroxyl groups is 1. The fourth-order valence-corrected chi connectivity index (χ4v) is 1.50. The monoisotopic (exact) mass is 265 g/mol. The highest BCUT2D eigenvalue weighted by Crippen LogP contribution is 2.27. The van der Waals surface area contributed by atoms with Gasteiger partial charge in [0.15, 0.2) is 0 Å². The molecule has 1 heterocycles. The molecule has 13 heavy (non-hydrogen) atoms. The summed E-state index contributed by atoms with van der Waals surface area (Å²) >= 11 is 9.04. The first kappa shape index (κ1) is 10.7. The van der Waals surface area contributed by atoms with Crippen molar-refractivity contribution >= 4 is 33.3 Å². The predicted octanol–water partition coefficient (Wildman–Crippen LogP) is 1.32. The molecule has 0 spiro atoms. The van der Waals surface area contributed by atoms with Crippen LogP contribution in [0.15, 0.2) is 10.8 Å². The molecule has 0 aliphatic carbocycles. The molecule has 4 nitrogen and oxygen atoms in total. The highest BCUT2D eigenvalue weighted by molar-refractivity contribution is 9.10. The fraction of sp³-hybridized carbons (Fsp3) is 0.429. The van der Waals surface area contributed by atoms with E-state index in [1.807, 2.05) is 7.05 Å². The average Bonchev–Trinajstić information content (AvgIpc) is 2.10. The maximum Gasteiger partial charge on any atom is 0.148 e. The predicted molar refractivity (Wildman–Crippen MR) is 55.1 cm³/mol. The van der Waals surface area contributed by atoms with Gasteiger partial charge < -0.3 is 10.0 Å². The van der Waals surface area contributed by atoms with Gasteiger partial charge in [0.1, 0.15) is 17.3 Å². The van der Waals surface area contributed by atoms with Crippen molar-refractivity contribution < 1.29 is 5.11 Å². The topological polar surface area (TPSA) is 49.2 Å². The van der Waals surface area contributed by atoms with Crippen LogP contribution in [-0.2, 0) is 0 Å². The van der Waals surface area contributed by atoms with Crippen LogP contribution in [0.1, 0.15) is 0 Å². The lowest BCUT2D eigenvalue weighted by molar-refractivity contribution is 0.304. The lowest BCUT2D eigenvalue weighted by Gasteiger charge is -2.17. The molecule has 0 amide bonds. The summed E-state index contributed by atoms with van der Waals surface area (Å²) in [5, 5.41) is 9.09. The minimum atomic E-state index is 0.0740. The summed E-state index contributed by atoms with van der Waals surface area (Å²) in [6, 6.07) is 0. The number of nitrogens with zero attached hydrogens (tertiary/aromatic N) is 3. The molecule has 0 aliphatic heterocycles. The largest absolute Gasteiger partial charge is 0.395 e. The zero-order valence-corrected chi connectivity index (χ0v) is 9.38. The summed E-state index contributed by atoms with van der Waals surface area (Å²) in [6.45, 7) is 0.580. The number of rotatable bonds is 3. The SMILES string of the molecule is CN(CCO)c1ncnc(Cl)c1Br. The Morgan fingerprint density at radius 1 is 1.62 bits per heavy atom. The maximum atomic E-state index is 8.72. The van der Waals surface area contributed by atoms with Gasteiger partial charge in [0.25, 0.3) is 0 Å². The fourth-order valence-electron chi connectivity index (χ4n) is 0.862. The molecule has 1 aromatic rings. The molecule has 0 radical (unpaired) electrons. The van der Waals surface area contributed by atoms with Crippen LogP contribution in [0.3, 0.4) is 0 Å². The summed E-state index contributed by atoms with van der Waals surface area (Å²) in [6.07, 6.45) is 1.39. The molecule has 1 rings (SSSR count). The molecule has 0 unspecified atom stereocenters. The molecule has 0 fully saturated rings. The summed E-state index contributed by atoms with van der Waals surface area (Å²) < 4.78 is 0.646. The molecular weight excluding hydrogens is 257 g/mol. The van der Waals surface area contributed by atoms with Gasteiger partial charge in [-0.25, -0.2) is 9.97 Å². The van der Waals surface area contributed by atoms with E-state index >= 15 is 0 Å². The van der Waals surface area contributed by atoms with E-state index in [1.54, 1.807) is 4.90 Å². The quantitative estimate of drug-likeness (QED) is 0.839. The Balaban J connectivity index is 2.93. The summed E-state index contributed by atoms with van der Waals surface area (Å²) in [5.74, 6) is 0.675. The van der Waals surface area contributed by atoms with Crippen LogP contribution < -0.4 is 4.90 Å². The first-order valence-corrected chi connectivity index (χ1v) is 4.82. The minimum Gasteiger partial charge on any atom is -0.395 e. The van der Waals surface area contributed by atoms with Crippen molar-refractivity contribution in [2.45, 2.75) is 0 Å². The van der Waals surface area contributed by atoms with Gasteiger partial charge in [-0.05, 0) is 15.9 Å². The van der Waals surface area contributed by atoms with E-state index < -0.39 is 0 Å². The van der Waals surface area contributed by atoms with Gasteiger partial charge in [-0.3, -0.25) is 0 Å². The molecule has 1 N–H and O–H groups in total. The van der Waals surface area contributed by atoms with Crippen LogP contribution in [0.4, 0.5) is 5.82 Å². The van der Waals surface area contributed by atoms with Crippen LogP contribution >= 0.6 is 27.5 Å². The molecule has 72 valence electrons. The summed E-state index contributed by atoms with van der Waals surface area (Å²) in [7, 11) is 1.82. The normalized spacial score (nSPS) is 10.2. The Kier molecular flexibility index (Phi) is 3.90. The van der Waals surface area contributed by atoms with Crippen LogP contribution in [0.25, 0.3) is 0 Å². The molecule has 0 saturated carbocycles. The van der Waals surface area contributed by atoms with Gasteiger partial charge in [0.2, 0.25) is 0 Å². The van der Waals surface area contributed by atoms with Crippen LogP contribution in [-0.4, -0.2) is 35.3 Å². The van der Waals surface area contributed by atoms with Crippen molar-refractivity contribution in [3.8, 4) is 0 Å². The number of aliphatic hydroxyl groups excluding tert-OH is 1. The molecule has 0 atom stereocenters. The van der Waals surface area contributed by atoms with Crippen molar-refractivity contribution in [3.05, 3.63) is 16.0 Å². The highest BCUT2D eigenvalue weighted by Gasteiger charge is 2.09. The molecule has 0 aromatic carbocycles. The molecule has 6 heteroatoms. The van der Waals surface area contributed by atoms with Gasteiger partial charge in [0, 0.05) is 13.6 Å². The Bertz CT molecular complexity index is 297. The van der Waals surface area contributed by atoms with E-state index in [4.69, 9.17) is 16.7 Å². The Labute approximate surface area is 89.7 Å². The standard InChI is InChI=1S/C7H9BrClN3O/c1-12(2-3-13)7-5(8)6(9)10-4-11-7/h4,13H,2-3H2,1H3. The van der Waals surface area contributed by atoms with Crippen molar-refractivity contribution in [3.63, 3.8) is 0 Å². The number of hydrogen-bond donors (Lipinski definition) is 1. The lowest BCUT2D eigenvalue weighted by Crippen LogP contribution is -2.22. The summed E-state index contributed by atoms with van der Waals surface area (Å²) in [5.41, 5.74) is 0. The van der Waals surface area contributed by atoms with Crippen molar-refractivity contribution in [2.75, 3.05) is 25.1 Å². The lowest BCUT2D eigenvalue weighted by atomic mass is 10.5. The van der Waals surface area contributed by atoms with Crippen LogP contribution in [0.5, 0.6) is 0 Å². The van der Waals surface area contributed by atoms with Gasteiger partial charge >= 0.3 is 0 Å². The van der Waals surface area contributed by atoms with Gasteiger partial charge in [-0.15, -0.1) is 0 Å². The Hall–Kier alpha value is -0.390. The Morgan fingerprint density at radius 2 is 2.31 bits per heavy atom. The number of halogens is 2. The third kappa shape index (κ3) is 2.52. The van der Waals surface area contributed by atoms with E-state index in [9.17, 15) is 0 Å². The highest BCUT2D eigenvalue weighted by atomic mass is 79.9. The zero-order chi connectivity index (χ0) is 9.84. The van der Waals surface area contributed by atoms with E-state index in [0.717, 1.165) is 0 Å². The third-order valence-corrected chi connectivity index (χ3v) is 2.77. The van der Waals surface area contributed by atoms with E-state index in [1.165, 1.54) is 6.33 Å². The number of likely N-dealkylation sites (N-methyl/N-ethyl adjacent to an activating group) is 1. The maximum absolute atomic E-state index is 8.72. The second-order valence-corrected chi connectivity index (χ2v) is 3.60. The van der Waals surface area contributed by atoms with Crippen molar-refractivity contribution in [1.82, 2.24) is 9.97 Å². The third-order valence-electron chi connectivity index (χ3n) is 1.53. The number of anilines is 1. The van der Waals surface area contributed by atoms with Gasteiger partial charge in [-0.2, -0.15) is 0 Å². The van der Waals surface area contributed by atoms with Crippen LogP contribution in [0.2, 0.25) is 5.15 Å². The average molecular weight is 267 g/mol. The second kappa shape index (κ2) is 4.74. The van der Waals surface area contributed by atoms with Crippen LogP contribution in [0, 0.1) is 0 Å². The smallest absolute Gasteiger partial charge is 0.148 e. The van der Waals surface area contributed by atoms with Crippen molar-refractivity contribution in [2.24, 2.45) is 0 Å². The number of hydrogen-bond acceptors (Lipinski definition) is 4. The molecule has 0 saturated heterocycles. The van der Waals surface area contributed by atoms with Gasteiger partial charge in [-0.1, -0.05) is 11.6 Å². The molecular formula is C7H9BrClN3O. The second-order valence-electron chi connectivity index (χ2n) is 2.45. The minimum absolute atomic E-state index is 0.0740. The first-order valence-electron chi connectivity index (χ1n) is 3.64. The summed E-state index contributed by atoms with van der Waals surface area (Å²) in [4.78, 5) is 9.62.